The van der Waals surface area contributed by atoms with Gasteiger partial charge in [-0.3, -0.25) is 4.98 Å². The predicted octanol–water partition coefficient (Wildman–Crippen LogP) is 7.64. The summed E-state index contributed by atoms with van der Waals surface area (Å²) in [7, 11) is 3.11. The maximum absolute atomic E-state index is 16.5. The molecule has 0 radical (unpaired) electrons. The molecule has 41 heavy (non-hydrogen) atoms. The summed E-state index contributed by atoms with van der Waals surface area (Å²) in [5, 5.41) is 4.73. The van der Waals surface area contributed by atoms with E-state index in [1.54, 1.807) is 39.3 Å². The van der Waals surface area contributed by atoms with Gasteiger partial charge in [-0.05, 0) is 54.1 Å². The number of anilines is 1. The Bertz CT molecular complexity index is 1690. The number of ether oxygens (including phenoxy) is 4. The number of fused-ring (bicyclic) bond motifs is 1. The van der Waals surface area contributed by atoms with Crippen LogP contribution in [0.1, 0.15) is 22.8 Å². The normalized spacial score (nSPS) is 10.7. The molecule has 1 N–H and O–H groups in total. The number of nitrogens with one attached hydrogen (secondary N) is 1. The van der Waals surface area contributed by atoms with Crippen LogP contribution < -0.4 is 19.5 Å². The van der Waals surface area contributed by atoms with Crippen LogP contribution in [-0.2, 0) is 11.3 Å². The Kier molecular flexibility index (Phi) is 8.29. The minimum Gasteiger partial charge on any atom is -0.497 e. The fraction of sp³-hybridized carbons (Fsp3) is 0.152. The van der Waals surface area contributed by atoms with Crippen LogP contribution in [0.5, 0.6) is 23.0 Å². The average molecular weight is 553 g/mol. The average Bonchev–Trinajstić information content (AvgIpc) is 3.00. The Balaban J connectivity index is 1.61. The number of hydrogen-bond acceptors (Lipinski definition) is 7. The Morgan fingerprint density at radius 1 is 0.878 bits per heavy atom. The number of nitrogens with zero attached hydrogens (tertiary/aromatic N) is 1. The molecule has 7 nitrogen and oxygen atoms in total. The SMILES string of the molecule is CCOC(=O)c1cnc(-c2cc(Oc3ccccc3)cc3ccccc23)c(F)c1NCc1ccc(OC)cc1OC. The number of halogens is 1. The highest BCUT2D eigenvalue weighted by molar-refractivity contribution is 6.00. The van der Waals surface area contributed by atoms with Gasteiger partial charge in [0.25, 0.3) is 0 Å². The molecule has 1 heterocycles. The lowest BCUT2D eigenvalue weighted by Gasteiger charge is -2.17. The highest BCUT2D eigenvalue weighted by Crippen LogP contribution is 2.38. The van der Waals surface area contributed by atoms with E-state index in [0.29, 0.717) is 28.6 Å². The third-order valence-electron chi connectivity index (χ3n) is 6.53. The molecule has 8 heteroatoms. The van der Waals surface area contributed by atoms with Crippen molar-refractivity contribution in [3.05, 3.63) is 108 Å². The number of pyridine rings is 1. The highest BCUT2D eigenvalue weighted by Gasteiger charge is 2.23. The number of aromatic nitrogens is 1. The summed E-state index contributed by atoms with van der Waals surface area (Å²) in [5.41, 5.74) is 1.29. The van der Waals surface area contributed by atoms with Gasteiger partial charge in [0.15, 0.2) is 5.82 Å². The predicted molar refractivity (Wildman–Crippen MR) is 156 cm³/mol. The third kappa shape index (κ3) is 5.91. The van der Waals surface area contributed by atoms with Crippen molar-refractivity contribution in [1.29, 1.82) is 0 Å². The van der Waals surface area contributed by atoms with Crippen LogP contribution in [0, 0.1) is 5.82 Å². The molecule has 4 aromatic carbocycles. The first-order valence-electron chi connectivity index (χ1n) is 13.1. The summed E-state index contributed by atoms with van der Waals surface area (Å²) in [6.45, 7) is 1.99. The number of esters is 1. The van der Waals surface area contributed by atoms with Crippen molar-refractivity contribution in [3.63, 3.8) is 0 Å². The highest BCUT2D eigenvalue weighted by atomic mass is 19.1. The molecule has 5 rings (SSSR count). The molecule has 0 amide bonds. The van der Waals surface area contributed by atoms with Gasteiger partial charge in [-0.2, -0.15) is 0 Å². The Morgan fingerprint density at radius 3 is 2.41 bits per heavy atom. The largest absolute Gasteiger partial charge is 0.497 e. The van der Waals surface area contributed by atoms with Crippen LogP contribution in [0.3, 0.4) is 0 Å². The molecule has 1 aromatic heterocycles. The standard InChI is InChI=1S/C33H29FN2O5/c1-4-40-33(37)28-20-36-31(30(34)32(28)35-19-22-14-15-24(38-2)18-29(22)39-3)27-17-25(41-23-11-6-5-7-12-23)16-21-10-8-9-13-26(21)27/h5-18,20H,4,19H2,1-3H3,(H,35,36). The van der Waals surface area contributed by atoms with Gasteiger partial charge in [-0.15, -0.1) is 0 Å². The summed E-state index contributed by atoms with van der Waals surface area (Å²) in [6, 6.07) is 25.9. The molecule has 0 aliphatic carbocycles. The third-order valence-corrected chi connectivity index (χ3v) is 6.53. The van der Waals surface area contributed by atoms with Crippen LogP contribution in [0.4, 0.5) is 10.1 Å². The van der Waals surface area contributed by atoms with E-state index in [2.05, 4.69) is 10.3 Å². The fourth-order valence-corrected chi connectivity index (χ4v) is 4.56. The van der Waals surface area contributed by atoms with Gasteiger partial charge >= 0.3 is 5.97 Å². The van der Waals surface area contributed by atoms with Gasteiger partial charge in [-0.1, -0.05) is 42.5 Å². The number of methoxy groups -OCH3 is 2. The molecule has 0 atom stereocenters. The van der Waals surface area contributed by atoms with E-state index >= 15 is 4.39 Å². The number of carbonyl (C=O) groups excluding carboxylic acids is 1. The lowest BCUT2D eigenvalue weighted by atomic mass is 9.99. The summed E-state index contributed by atoms with van der Waals surface area (Å²) in [6.07, 6.45) is 1.34. The molecule has 0 unspecified atom stereocenters. The summed E-state index contributed by atoms with van der Waals surface area (Å²) >= 11 is 0. The number of para-hydroxylation sites is 1. The molecule has 0 aliphatic heterocycles. The molecular formula is C33H29FN2O5. The molecule has 0 saturated heterocycles. The molecule has 0 aliphatic rings. The van der Waals surface area contributed by atoms with E-state index in [9.17, 15) is 4.79 Å². The molecular weight excluding hydrogens is 523 g/mol. The smallest absolute Gasteiger partial charge is 0.341 e. The van der Waals surface area contributed by atoms with E-state index in [1.807, 2.05) is 66.7 Å². The van der Waals surface area contributed by atoms with Crippen LogP contribution in [0.25, 0.3) is 22.0 Å². The fourth-order valence-electron chi connectivity index (χ4n) is 4.56. The van der Waals surface area contributed by atoms with Crippen molar-refractivity contribution in [3.8, 4) is 34.3 Å². The second kappa shape index (κ2) is 12.4. The van der Waals surface area contributed by atoms with Crippen molar-refractivity contribution < 1.29 is 28.1 Å². The number of benzene rings is 4. The first kappa shape index (κ1) is 27.5. The van der Waals surface area contributed by atoms with Crippen molar-refractivity contribution >= 4 is 22.4 Å². The van der Waals surface area contributed by atoms with E-state index in [1.165, 1.54) is 6.20 Å². The van der Waals surface area contributed by atoms with Crippen molar-refractivity contribution in [1.82, 2.24) is 4.98 Å². The number of carbonyl (C=O) groups is 1. The summed E-state index contributed by atoms with van der Waals surface area (Å²) in [5.74, 6) is 0.986. The molecule has 0 fully saturated rings. The van der Waals surface area contributed by atoms with Crippen molar-refractivity contribution in [2.24, 2.45) is 0 Å². The van der Waals surface area contributed by atoms with Gasteiger partial charge in [0.05, 0.1) is 26.5 Å². The monoisotopic (exact) mass is 552 g/mol. The summed E-state index contributed by atoms with van der Waals surface area (Å²) in [4.78, 5) is 17.2. The number of rotatable bonds is 10. The van der Waals surface area contributed by atoms with Crippen molar-refractivity contribution in [2.75, 3.05) is 26.1 Å². The molecule has 0 saturated carbocycles. The van der Waals surface area contributed by atoms with Gasteiger partial charge < -0.3 is 24.3 Å². The maximum atomic E-state index is 16.5. The molecule has 5 aromatic rings. The molecule has 0 spiro atoms. The number of hydrogen-bond donors (Lipinski definition) is 1. The quantitative estimate of drug-likeness (QED) is 0.178. The minimum absolute atomic E-state index is 0.0124. The van der Waals surface area contributed by atoms with Crippen molar-refractivity contribution in [2.45, 2.75) is 13.5 Å². The zero-order chi connectivity index (χ0) is 28.8. The van der Waals surface area contributed by atoms with Gasteiger partial charge in [0, 0.05) is 29.9 Å². The van der Waals surface area contributed by atoms with Gasteiger partial charge in [-0.25, -0.2) is 9.18 Å². The van der Waals surface area contributed by atoms with Crippen LogP contribution in [0.2, 0.25) is 0 Å². The Labute approximate surface area is 237 Å². The molecule has 208 valence electrons. The second-order valence-electron chi connectivity index (χ2n) is 9.07. The first-order valence-corrected chi connectivity index (χ1v) is 13.1. The minimum atomic E-state index is -0.690. The Morgan fingerprint density at radius 2 is 1.66 bits per heavy atom. The lowest BCUT2D eigenvalue weighted by Crippen LogP contribution is -2.13. The zero-order valence-electron chi connectivity index (χ0n) is 22.9. The molecule has 0 bridgehead atoms. The summed E-state index contributed by atoms with van der Waals surface area (Å²) < 4.78 is 38.6. The second-order valence-corrected chi connectivity index (χ2v) is 9.07. The van der Waals surface area contributed by atoms with E-state index in [-0.39, 0.29) is 30.1 Å². The van der Waals surface area contributed by atoms with E-state index < -0.39 is 11.8 Å². The lowest BCUT2D eigenvalue weighted by molar-refractivity contribution is 0.0526. The van der Waals surface area contributed by atoms with Gasteiger partial charge in [0.1, 0.15) is 34.3 Å². The van der Waals surface area contributed by atoms with Crippen LogP contribution >= 0.6 is 0 Å². The van der Waals surface area contributed by atoms with E-state index in [0.717, 1.165) is 16.3 Å². The van der Waals surface area contributed by atoms with Crippen LogP contribution in [-0.4, -0.2) is 31.8 Å². The Hall–Kier alpha value is -5.11. The zero-order valence-corrected chi connectivity index (χ0v) is 22.9. The topological polar surface area (TPSA) is 78.9 Å². The maximum Gasteiger partial charge on any atom is 0.341 e. The van der Waals surface area contributed by atoms with E-state index in [4.69, 9.17) is 18.9 Å². The van der Waals surface area contributed by atoms with Crippen LogP contribution in [0.15, 0.2) is 91.1 Å². The first-order chi connectivity index (χ1) is 20.0. The van der Waals surface area contributed by atoms with Gasteiger partial charge in [0.2, 0.25) is 0 Å².